The van der Waals surface area contributed by atoms with Gasteiger partial charge in [-0.25, -0.2) is 4.98 Å². The van der Waals surface area contributed by atoms with Crippen LogP contribution in [0.4, 0.5) is 5.82 Å². The first-order valence-electron chi connectivity index (χ1n) is 3.32. The molecule has 2 heterocycles. The lowest BCUT2D eigenvalue weighted by molar-refractivity contribution is 0.638. The van der Waals surface area contributed by atoms with Crippen molar-refractivity contribution in [2.24, 2.45) is 0 Å². The van der Waals surface area contributed by atoms with Crippen LogP contribution in [0.3, 0.4) is 0 Å². The number of thioether (sulfide) groups is 1. The summed E-state index contributed by atoms with van der Waals surface area (Å²) in [4.78, 5) is 4.10. The topological polar surface area (TPSA) is 67.7 Å². The molecule has 0 aliphatic carbocycles. The van der Waals surface area contributed by atoms with Gasteiger partial charge in [-0.05, 0) is 0 Å². The number of hydrogen-bond donors (Lipinski definition) is 2. The second-order valence-corrected chi connectivity index (χ2v) is 3.41. The van der Waals surface area contributed by atoms with E-state index in [-0.39, 0.29) is 12.4 Å². The van der Waals surface area contributed by atoms with Gasteiger partial charge in [-0.15, -0.1) is 12.4 Å². The number of nitrogens with zero attached hydrogens (tertiary/aromatic N) is 2. The van der Waals surface area contributed by atoms with Crippen molar-refractivity contribution in [2.45, 2.75) is 11.7 Å². The van der Waals surface area contributed by atoms with Crippen LogP contribution in [0.25, 0.3) is 0 Å². The molecule has 4 nitrogen and oxygen atoms in total. The third-order valence-electron chi connectivity index (χ3n) is 1.58. The zero-order valence-corrected chi connectivity index (χ0v) is 7.91. The van der Waals surface area contributed by atoms with Crippen LogP contribution < -0.4 is 11.2 Å². The van der Waals surface area contributed by atoms with Crippen molar-refractivity contribution in [1.29, 1.82) is 5.41 Å². The molecular weight excluding hydrogens is 196 g/mol. The average Bonchev–Trinajstić information content (AvgIpc) is 2.34. The first-order valence-corrected chi connectivity index (χ1v) is 4.31. The summed E-state index contributed by atoms with van der Waals surface area (Å²) in [5, 5.41) is 8.39. The first-order chi connectivity index (χ1) is 5.27. The number of hydrogen-bond acceptors (Lipinski definition) is 4. The lowest BCUT2D eigenvalue weighted by atomic mass is 10.5. The van der Waals surface area contributed by atoms with E-state index in [0.29, 0.717) is 11.3 Å². The number of nitrogens with two attached hydrogens (primary N) is 1. The van der Waals surface area contributed by atoms with Gasteiger partial charge in [0.05, 0.1) is 0 Å². The standard InChI is InChI=1S/C6H8N4S.ClH/c7-4-3-5(8)10-1-2-11-6(10)9-4;/h3,8H,1-2,7H2;1H. The number of nitrogens with one attached hydrogen (secondary N) is 1. The number of rotatable bonds is 0. The van der Waals surface area contributed by atoms with Crippen molar-refractivity contribution >= 4 is 30.0 Å². The SMILES string of the molecule is Cl.N=c1cc(N)nc2n1CCS2. The van der Waals surface area contributed by atoms with Crippen molar-refractivity contribution in [2.75, 3.05) is 11.5 Å². The zero-order chi connectivity index (χ0) is 7.84. The molecule has 2 rings (SSSR count). The van der Waals surface area contributed by atoms with E-state index in [1.165, 1.54) is 0 Å². The molecule has 1 aromatic rings. The summed E-state index contributed by atoms with van der Waals surface area (Å²) >= 11 is 1.65. The Kier molecular flexibility index (Phi) is 2.64. The molecule has 0 radical (unpaired) electrons. The van der Waals surface area contributed by atoms with E-state index in [1.807, 2.05) is 4.57 Å². The molecule has 0 aromatic carbocycles. The lowest BCUT2D eigenvalue weighted by Gasteiger charge is -2.01. The van der Waals surface area contributed by atoms with E-state index in [2.05, 4.69) is 4.98 Å². The van der Waals surface area contributed by atoms with Gasteiger partial charge >= 0.3 is 0 Å². The quantitative estimate of drug-likeness (QED) is 0.604. The second kappa shape index (κ2) is 3.37. The number of halogens is 1. The van der Waals surface area contributed by atoms with Crippen molar-refractivity contribution < 1.29 is 0 Å². The molecule has 0 atom stereocenters. The number of nitrogen functional groups attached to an aromatic ring is 1. The third kappa shape index (κ3) is 1.42. The molecule has 0 fully saturated rings. The molecule has 0 bridgehead atoms. The smallest absolute Gasteiger partial charge is 0.171 e. The van der Waals surface area contributed by atoms with Crippen molar-refractivity contribution in [1.82, 2.24) is 9.55 Å². The van der Waals surface area contributed by atoms with Crippen LogP contribution in [-0.4, -0.2) is 15.3 Å². The highest BCUT2D eigenvalue weighted by atomic mass is 35.5. The maximum Gasteiger partial charge on any atom is 0.171 e. The molecule has 0 spiro atoms. The molecule has 3 N–H and O–H groups in total. The molecule has 6 heteroatoms. The first kappa shape index (κ1) is 9.41. The molecule has 0 unspecified atom stereocenters. The number of fused-ring (bicyclic) bond motifs is 1. The molecule has 1 aromatic heterocycles. The summed E-state index contributed by atoms with van der Waals surface area (Å²) in [6.07, 6.45) is 0. The van der Waals surface area contributed by atoms with Gasteiger partial charge in [0.15, 0.2) is 5.16 Å². The minimum Gasteiger partial charge on any atom is -0.383 e. The normalized spacial score (nSPS) is 13.7. The van der Waals surface area contributed by atoms with E-state index in [4.69, 9.17) is 11.1 Å². The third-order valence-corrected chi connectivity index (χ3v) is 2.53. The fourth-order valence-corrected chi connectivity index (χ4v) is 2.05. The predicted octanol–water partition coefficient (Wildman–Crippen LogP) is 0.472. The summed E-state index contributed by atoms with van der Waals surface area (Å²) in [7, 11) is 0. The minimum absolute atomic E-state index is 0. The van der Waals surface area contributed by atoms with E-state index in [1.54, 1.807) is 17.8 Å². The summed E-state index contributed by atoms with van der Waals surface area (Å²) in [6.45, 7) is 0.881. The Morgan fingerprint density at radius 2 is 2.42 bits per heavy atom. The fourth-order valence-electron chi connectivity index (χ4n) is 1.08. The van der Waals surface area contributed by atoms with Crippen molar-refractivity contribution in [3.05, 3.63) is 11.6 Å². The van der Waals surface area contributed by atoms with Gasteiger partial charge in [0, 0.05) is 18.4 Å². The Labute approximate surface area is 80.1 Å². The fraction of sp³-hybridized carbons (Fsp3) is 0.333. The van der Waals surface area contributed by atoms with Gasteiger partial charge in [-0.2, -0.15) is 0 Å². The van der Waals surface area contributed by atoms with Crippen LogP contribution in [0.5, 0.6) is 0 Å². The van der Waals surface area contributed by atoms with Gasteiger partial charge in [0.1, 0.15) is 11.3 Å². The Morgan fingerprint density at radius 3 is 3.17 bits per heavy atom. The monoisotopic (exact) mass is 204 g/mol. The van der Waals surface area contributed by atoms with Gasteiger partial charge in [0.25, 0.3) is 0 Å². The highest BCUT2D eigenvalue weighted by Crippen LogP contribution is 2.20. The maximum absolute atomic E-state index is 7.52. The van der Waals surface area contributed by atoms with Gasteiger partial charge in [-0.3, -0.25) is 5.41 Å². The predicted molar refractivity (Wildman–Crippen MR) is 50.5 cm³/mol. The number of aromatic nitrogens is 2. The van der Waals surface area contributed by atoms with Crippen LogP contribution in [0, 0.1) is 5.41 Å². The summed E-state index contributed by atoms with van der Waals surface area (Å²) in [5.41, 5.74) is 5.93. The highest BCUT2D eigenvalue weighted by molar-refractivity contribution is 7.99. The van der Waals surface area contributed by atoms with E-state index < -0.39 is 0 Å². The van der Waals surface area contributed by atoms with E-state index in [9.17, 15) is 0 Å². The largest absolute Gasteiger partial charge is 0.383 e. The highest BCUT2D eigenvalue weighted by Gasteiger charge is 2.11. The molecular formula is C6H9ClN4S. The zero-order valence-electron chi connectivity index (χ0n) is 6.28. The van der Waals surface area contributed by atoms with E-state index >= 15 is 0 Å². The van der Waals surface area contributed by atoms with Crippen molar-refractivity contribution in [3.8, 4) is 0 Å². The minimum atomic E-state index is 0. The van der Waals surface area contributed by atoms with Crippen LogP contribution in [-0.2, 0) is 6.54 Å². The summed E-state index contributed by atoms with van der Waals surface area (Å²) < 4.78 is 1.86. The summed E-state index contributed by atoms with van der Waals surface area (Å²) in [6, 6.07) is 1.58. The molecule has 0 amide bonds. The Bertz CT molecular complexity index is 348. The van der Waals surface area contributed by atoms with E-state index in [0.717, 1.165) is 17.5 Å². The van der Waals surface area contributed by atoms with Crippen LogP contribution in [0.2, 0.25) is 0 Å². The van der Waals surface area contributed by atoms with Gasteiger partial charge in [-0.1, -0.05) is 11.8 Å². The van der Waals surface area contributed by atoms with Crippen LogP contribution in [0.1, 0.15) is 0 Å². The Morgan fingerprint density at radius 1 is 1.67 bits per heavy atom. The summed E-state index contributed by atoms with van der Waals surface area (Å²) in [5.74, 6) is 1.44. The van der Waals surface area contributed by atoms with Crippen LogP contribution >= 0.6 is 24.2 Å². The Balaban J connectivity index is 0.000000720. The molecule has 12 heavy (non-hydrogen) atoms. The van der Waals surface area contributed by atoms with Crippen molar-refractivity contribution in [3.63, 3.8) is 0 Å². The average molecular weight is 205 g/mol. The Hall–Kier alpha value is -0.680. The lowest BCUT2D eigenvalue weighted by Crippen LogP contribution is -2.20. The molecule has 0 saturated carbocycles. The van der Waals surface area contributed by atoms with Gasteiger partial charge < -0.3 is 10.3 Å². The maximum atomic E-state index is 7.52. The van der Waals surface area contributed by atoms with Crippen LogP contribution in [0.15, 0.2) is 11.2 Å². The molecule has 0 saturated heterocycles. The molecule has 1 aliphatic heterocycles. The molecule has 66 valence electrons. The second-order valence-electron chi connectivity index (χ2n) is 2.35. The molecule has 1 aliphatic rings. The number of anilines is 1. The van der Waals surface area contributed by atoms with Gasteiger partial charge in [0.2, 0.25) is 0 Å².